The molecule has 4 heterocycles. The number of thiophene rings is 1. The van der Waals surface area contributed by atoms with Crippen LogP contribution < -0.4 is 5.19 Å². The molecule has 0 aliphatic heterocycles. The van der Waals surface area contributed by atoms with E-state index in [2.05, 4.69) is 178 Å². The summed E-state index contributed by atoms with van der Waals surface area (Å²) < 4.78 is 12.7. The first-order chi connectivity index (χ1) is 33.7. The maximum Gasteiger partial charge on any atom is 0.113 e. The molecule has 349 valence electrons. The molecule has 1 unspecified atom stereocenters. The van der Waals surface area contributed by atoms with E-state index < -0.39 is 14.0 Å². The predicted molar refractivity (Wildman–Crippen MR) is 296 cm³/mol. The van der Waals surface area contributed by atoms with E-state index in [4.69, 9.17) is 15.0 Å². The molecule has 4 nitrogen and oxygen atoms in total. The van der Waals surface area contributed by atoms with Crippen molar-refractivity contribution in [3.8, 4) is 50.6 Å². The van der Waals surface area contributed by atoms with Crippen LogP contribution in [0.2, 0.25) is 19.6 Å². The van der Waals surface area contributed by atoms with Crippen LogP contribution in [0.5, 0.6) is 0 Å². The van der Waals surface area contributed by atoms with E-state index in [1.807, 2.05) is 80.7 Å². The van der Waals surface area contributed by atoms with E-state index in [0.717, 1.165) is 65.7 Å². The Hall–Kier alpha value is -6.60. The second-order valence-electron chi connectivity index (χ2n) is 19.8. The zero-order valence-electron chi connectivity index (χ0n) is 41.9. The molecule has 70 heavy (non-hydrogen) atoms. The van der Waals surface area contributed by atoms with Gasteiger partial charge >= 0.3 is 0 Å². The van der Waals surface area contributed by atoms with Gasteiger partial charge in [-0.2, -0.15) is 11.3 Å². The Morgan fingerprint density at radius 2 is 1.30 bits per heavy atom. The Balaban J connectivity index is 0.000000204. The fraction of sp³-hybridized carbons (Fsp3) is 0.159. The Labute approximate surface area is 433 Å². The molecule has 0 amide bonds. The van der Waals surface area contributed by atoms with Crippen molar-refractivity contribution in [2.45, 2.75) is 65.6 Å². The van der Waals surface area contributed by atoms with Crippen molar-refractivity contribution in [1.82, 2.24) is 19.5 Å². The fourth-order valence-corrected chi connectivity index (χ4v) is 11.9. The van der Waals surface area contributed by atoms with Gasteiger partial charge in [-0.25, -0.2) is 4.98 Å². The third kappa shape index (κ3) is 9.64. The van der Waals surface area contributed by atoms with Gasteiger partial charge in [-0.15, -0.1) is 54.1 Å². The first kappa shape index (κ1) is 47.1. The molecule has 0 bridgehead atoms. The summed E-state index contributed by atoms with van der Waals surface area (Å²) in [6.07, 6.45) is 1.99. The molecule has 11 aromatic rings. The van der Waals surface area contributed by atoms with Crippen LogP contribution in [0.25, 0.3) is 81.9 Å². The molecule has 0 fully saturated rings. The number of aryl methyl sites for hydroxylation is 1. The van der Waals surface area contributed by atoms with Crippen molar-refractivity contribution < 1.29 is 21.5 Å². The van der Waals surface area contributed by atoms with Gasteiger partial charge in [0.15, 0.2) is 0 Å². The monoisotopic (exact) mass is 1120 g/mol. The van der Waals surface area contributed by atoms with Crippen LogP contribution in [0.15, 0.2) is 188 Å². The minimum absolute atomic E-state index is 0. The second kappa shape index (κ2) is 20.0. The minimum atomic E-state index is -1.64. The van der Waals surface area contributed by atoms with Gasteiger partial charge in [0.1, 0.15) is 4.83 Å². The van der Waals surface area contributed by atoms with Gasteiger partial charge in [0.25, 0.3) is 0 Å². The predicted octanol–water partition coefficient (Wildman–Crippen LogP) is 16.4. The maximum absolute atomic E-state index is 9.17. The quantitative estimate of drug-likeness (QED) is 0.112. The summed E-state index contributed by atoms with van der Waals surface area (Å²) in [4.78, 5) is 16.0. The number of hydrogen-bond donors (Lipinski definition) is 0. The summed E-state index contributed by atoms with van der Waals surface area (Å²) >= 11 is 1.72. The van der Waals surface area contributed by atoms with Crippen molar-refractivity contribution >= 4 is 55.9 Å². The number of pyridine rings is 2. The van der Waals surface area contributed by atoms with E-state index in [9.17, 15) is 1.37 Å². The van der Waals surface area contributed by atoms with Gasteiger partial charge in [-0.05, 0) is 91.5 Å². The summed E-state index contributed by atoms with van der Waals surface area (Å²) in [5, 5.41) is 3.60. The molecule has 0 saturated heterocycles. The zero-order valence-corrected chi connectivity index (χ0v) is 45.1. The zero-order chi connectivity index (χ0) is 48.8. The van der Waals surface area contributed by atoms with Gasteiger partial charge < -0.3 is 9.55 Å². The number of nitrogens with zero attached hydrogens (tertiary/aromatic N) is 4. The number of hydrogen-bond acceptors (Lipinski definition) is 4. The van der Waals surface area contributed by atoms with Gasteiger partial charge in [-0.1, -0.05) is 174 Å². The molecule has 0 N–H and O–H groups in total. The van der Waals surface area contributed by atoms with Crippen LogP contribution in [-0.4, -0.2) is 27.6 Å². The summed E-state index contributed by atoms with van der Waals surface area (Å²) in [5.74, 6) is 0.0616. The standard InChI is InChI=1S/C41H32N3S.C22H24NSi.Ir/c1-26-22-23-31-30-18-13-19-32(38(30)45-40(31)42-26)39-43-35-20-11-12-21-36(35)44(39)37-33(27-14-7-5-8-15-27)24-29(41(2,3)4)25-34(37)28-16-9-6-10-17-28;1-17(18-11-7-5-8-12-18)20-15-21(19-13-9-6-10-14-19)23-16-22(20)24(2,3)4;/h5-18,20-25H,1-4H3;5-13,15-17H,1-4H3;/q2*-1;/i;17D;. The molecule has 7 aromatic carbocycles. The van der Waals surface area contributed by atoms with E-state index in [-0.39, 0.29) is 25.5 Å². The van der Waals surface area contributed by atoms with Crippen LogP contribution in [0.3, 0.4) is 0 Å². The molecule has 1 radical (unpaired) electrons. The number of fused-ring (bicyclic) bond motifs is 4. The Bertz CT molecular complexity index is 3590. The summed E-state index contributed by atoms with van der Waals surface area (Å²) in [6, 6.07) is 70.1. The molecular formula is C63H56IrN4SSi-2. The van der Waals surface area contributed by atoms with Gasteiger partial charge in [0.2, 0.25) is 0 Å². The molecule has 0 aliphatic rings. The third-order valence-electron chi connectivity index (χ3n) is 12.9. The molecule has 0 aliphatic carbocycles. The van der Waals surface area contributed by atoms with E-state index in [0.29, 0.717) is 0 Å². The Morgan fingerprint density at radius 3 is 1.93 bits per heavy atom. The number of rotatable bonds is 8. The van der Waals surface area contributed by atoms with Crippen molar-refractivity contribution in [2.24, 2.45) is 0 Å². The van der Waals surface area contributed by atoms with Crippen LogP contribution in [-0.2, 0) is 25.5 Å². The molecule has 1 atom stereocenters. The largest absolute Gasteiger partial charge is 0.332 e. The van der Waals surface area contributed by atoms with Crippen molar-refractivity contribution in [3.63, 3.8) is 0 Å². The number of para-hydroxylation sites is 2. The maximum atomic E-state index is 9.17. The minimum Gasteiger partial charge on any atom is -0.332 e. The molecule has 4 aromatic heterocycles. The average Bonchev–Trinajstić information content (AvgIpc) is 3.95. The van der Waals surface area contributed by atoms with E-state index in [1.165, 1.54) is 43.8 Å². The van der Waals surface area contributed by atoms with Gasteiger partial charge in [-0.3, -0.25) is 4.98 Å². The molecular weight excluding hydrogens is 1070 g/mol. The average molecular weight is 1120 g/mol. The molecule has 0 spiro atoms. The normalized spacial score (nSPS) is 12.8. The molecule has 0 saturated carbocycles. The smallest absolute Gasteiger partial charge is 0.113 e. The topological polar surface area (TPSA) is 43.6 Å². The third-order valence-corrected chi connectivity index (χ3v) is 16.0. The van der Waals surface area contributed by atoms with Gasteiger partial charge in [0, 0.05) is 50.4 Å². The fourth-order valence-electron chi connectivity index (χ4n) is 9.19. The first-order valence-electron chi connectivity index (χ1n) is 24.2. The van der Waals surface area contributed by atoms with E-state index in [1.54, 1.807) is 11.3 Å². The molecule has 7 heteroatoms. The van der Waals surface area contributed by atoms with Crippen molar-refractivity contribution in [2.75, 3.05) is 0 Å². The van der Waals surface area contributed by atoms with E-state index >= 15 is 0 Å². The Morgan fingerprint density at radius 1 is 0.671 bits per heavy atom. The Kier molecular flexibility index (Phi) is 13.5. The van der Waals surface area contributed by atoms with Crippen LogP contribution in [0.1, 0.15) is 57.3 Å². The van der Waals surface area contributed by atoms with Crippen LogP contribution in [0, 0.1) is 19.1 Å². The van der Waals surface area contributed by atoms with Crippen LogP contribution in [0.4, 0.5) is 0 Å². The number of aromatic nitrogens is 4. The first-order valence-corrected chi connectivity index (χ1v) is 28.0. The van der Waals surface area contributed by atoms with Gasteiger partial charge in [0.05, 0.1) is 30.6 Å². The SMILES string of the molecule is Cc1ccc2c(n1)sc1c(-c3nc4ccccc4n3-c3c(-c4ccccc4)cc(C(C)(C)C)cc3-c3ccccc3)[c-]ccc12.[2H]C(C)(c1ccccc1)c1cc(-c2[c-]cccc2)ncc1[Si](C)(C)C.[Ir]. The van der Waals surface area contributed by atoms with Crippen molar-refractivity contribution in [3.05, 3.63) is 223 Å². The summed E-state index contributed by atoms with van der Waals surface area (Å²) in [7, 11) is -1.64. The number of benzene rings is 7. The number of imidazole rings is 1. The second-order valence-corrected chi connectivity index (χ2v) is 25.8. The summed E-state index contributed by atoms with van der Waals surface area (Å²) in [5.41, 5.74) is 15.0. The van der Waals surface area contributed by atoms with Crippen molar-refractivity contribution in [1.29, 1.82) is 0 Å². The van der Waals surface area contributed by atoms with Crippen LogP contribution >= 0.6 is 11.3 Å². The molecule has 11 rings (SSSR count). The summed E-state index contributed by atoms with van der Waals surface area (Å²) in [6.45, 7) is 17.8.